The van der Waals surface area contributed by atoms with Gasteiger partial charge in [-0.1, -0.05) is 30.3 Å². The lowest BCUT2D eigenvalue weighted by atomic mass is 10.1. The first-order valence-corrected chi connectivity index (χ1v) is 12.4. The van der Waals surface area contributed by atoms with E-state index in [0.29, 0.717) is 18.1 Å². The van der Waals surface area contributed by atoms with Crippen molar-refractivity contribution in [3.8, 4) is 11.5 Å². The van der Waals surface area contributed by atoms with E-state index in [1.807, 2.05) is 60.7 Å². The van der Waals surface area contributed by atoms with E-state index in [1.54, 1.807) is 13.2 Å². The topological polar surface area (TPSA) is 57.1 Å². The zero-order chi connectivity index (χ0) is 22.7. The number of methoxy groups -OCH3 is 1. The Labute approximate surface area is 221 Å². The number of esters is 1. The lowest BCUT2D eigenvalue weighted by molar-refractivity contribution is -0.129. The standard InChI is InChI=1S/C24H16BrI2NO4/c1-30-21-11-15(9-19(27)22(21)31-13-14-5-3-2-4-6-14)10-20-24(29)32-23(28-20)16-7-8-18(26)17(25)12-16/h2-12H,13H2,1H3/b20-10-. The Morgan fingerprint density at radius 1 is 1.06 bits per heavy atom. The molecule has 1 aliphatic rings. The van der Waals surface area contributed by atoms with Crippen LogP contribution < -0.4 is 9.47 Å². The number of nitrogens with zero attached hydrogens (tertiary/aromatic N) is 1. The second-order valence-corrected chi connectivity index (χ2v) is 9.95. The van der Waals surface area contributed by atoms with Crippen LogP contribution >= 0.6 is 61.1 Å². The average Bonchev–Trinajstić information content (AvgIpc) is 3.15. The number of hydrogen-bond acceptors (Lipinski definition) is 5. The van der Waals surface area contributed by atoms with Crippen LogP contribution in [0.5, 0.6) is 11.5 Å². The summed E-state index contributed by atoms with van der Waals surface area (Å²) in [6.07, 6.45) is 1.68. The van der Waals surface area contributed by atoms with Crippen LogP contribution in [-0.2, 0) is 16.1 Å². The summed E-state index contributed by atoms with van der Waals surface area (Å²) in [6.45, 7) is 0.430. The van der Waals surface area contributed by atoms with Gasteiger partial charge in [-0.05, 0) is 109 Å². The number of rotatable bonds is 6. The summed E-state index contributed by atoms with van der Waals surface area (Å²) in [6, 6.07) is 19.3. The number of ether oxygens (including phenoxy) is 3. The molecule has 3 aromatic carbocycles. The highest BCUT2D eigenvalue weighted by molar-refractivity contribution is 14.1. The summed E-state index contributed by atoms with van der Waals surface area (Å²) in [7, 11) is 1.59. The molecular formula is C24H16BrI2NO4. The van der Waals surface area contributed by atoms with Crippen LogP contribution in [0.2, 0.25) is 0 Å². The Kier molecular flexibility index (Phi) is 7.51. The molecule has 162 valence electrons. The monoisotopic (exact) mass is 715 g/mol. The molecule has 5 nitrogen and oxygen atoms in total. The van der Waals surface area contributed by atoms with Gasteiger partial charge in [0, 0.05) is 13.6 Å². The van der Waals surface area contributed by atoms with E-state index in [-0.39, 0.29) is 11.6 Å². The van der Waals surface area contributed by atoms with Gasteiger partial charge in [-0.25, -0.2) is 9.79 Å². The number of halogens is 3. The second-order valence-electron chi connectivity index (χ2n) is 6.77. The first kappa shape index (κ1) is 23.2. The first-order valence-electron chi connectivity index (χ1n) is 9.47. The Bertz CT molecular complexity index is 1240. The highest BCUT2D eigenvalue weighted by Gasteiger charge is 2.25. The predicted octanol–water partition coefficient (Wildman–Crippen LogP) is 6.59. The normalized spacial score (nSPS) is 14.3. The van der Waals surface area contributed by atoms with Gasteiger partial charge in [0.15, 0.2) is 17.2 Å². The molecule has 0 bridgehead atoms. The highest BCUT2D eigenvalue weighted by Crippen LogP contribution is 2.35. The molecule has 0 radical (unpaired) electrons. The van der Waals surface area contributed by atoms with Gasteiger partial charge in [0.05, 0.1) is 10.7 Å². The van der Waals surface area contributed by atoms with Crippen LogP contribution in [0, 0.1) is 7.14 Å². The van der Waals surface area contributed by atoms with E-state index in [0.717, 1.165) is 28.3 Å². The summed E-state index contributed by atoms with van der Waals surface area (Å²) in [5.74, 6) is 1.02. The largest absolute Gasteiger partial charge is 0.493 e. The number of carbonyl (C=O) groups excluding carboxylic acids is 1. The van der Waals surface area contributed by atoms with E-state index in [1.165, 1.54) is 0 Å². The molecule has 0 aliphatic carbocycles. The number of cyclic esters (lactones) is 1. The van der Waals surface area contributed by atoms with Crippen molar-refractivity contribution in [1.82, 2.24) is 0 Å². The van der Waals surface area contributed by atoms with Crippen molar-refractivity contribution in [1.29, 1.82) is 0 Å². The molecule has 32 heavy (non-hydrogen) atoms. The molecule has 4 rings (SSSR count). The van der Waals surface area contributed by atoms with Crippen molar-refractivity contribution < 1.29 is 19.0 Å². The Morgan fingerprint density at radius 3 is 2.56 bits per heavy atom. The maximum absolute atomic E-state index is 12.4. The van der Waals surface area contributed by atoms with Crippen LogP contribution in [0.15, 0.2) is 75.8 Å². The third kappa shape index (κ3) is 5.34. The molecule has 0 spiro atoms. The van der Waals surface area contributed by atoms with Crippen molar-refractivity contribution in [2.45, 2.75) is 6.61 Å². The van der Waals surface area contributed by atoms with E-state index < -0.39 is 5.97 Å². The van der Waals surface area contributed by atoms with E-state index in [4.69, 9.17) is 14.2 Å². The summed E-state index contributed by atoms with van der Waals surface area (Å²) in [5, 5.41) is 0. The molecule has 3 aromatic rings. The third-order valence-corrected chi connectivity index (χ3v) is 7.71. The molecule has 0 N–H and O–H groups in total. The number of carbonyl (C=O) groups is 1. The van der Waals surface area contributed by atoms with Gasteiger partial charge in [0.2, 0.25) is 5.90 Å². The van der Waals surface area contributed by atoms with Gasteiger partial charge in [-0.3, -0.25) is 0 Å². The molecule has 0 aromatic heterocycles. The van der Waals surface area contributed by atoms with Crippen molar-refractivity contribution in [2.24, 2.45) is 4.99 Å². The second kappa shape index (κ2) is 10.3. The molecule has 0 atom stereocenters. The lowest BCUT2D eigenvalue weighted by Crippen LogP contribution is -2.05. The van der Waals surface area contributed by atoms with Crippen LogP contribution in [0.3, 0.4) is 0 Å². The smallest absolute Gasteiger partial charge is 0.363 e. The fourth-order valence-corrected chi connectivity index (χ4v) is 4.51. The minimum absolute atomic E-state index is 0.227. The van der Waals surface area contributed by atoms with Gasteiger partial charge in [0.25, 0.3) is 0 Å². The van der Waals surface area contributed by atoms with Gasteiger partial charge in [0.1, 0.15) is 6.61 Å². The van der Waals surface area contributed by atoms with Crippen molar-refractivity contribution >= 4 is 79.1 Å². The van der Waals surface area contributed by atoms with Crippen LogP contribution in [-0.4, -0.2) is 19.0 Å². The van der Waals surface area contributed by atoms with Gasteiger partial charge in [-0.15, -0.1) is 0 Å². The molecule has 0 unspecified atom stereocenters. The summed E-state index contributed by atoms with van der Waals surface area (Å²) < 4.78 is 19.8. The van der Waals surface area contributed by atoms with Crippen molar-refractivity contribution in [2.75, 3.05) is 7.11 Å². The fourth-order valence-electron chi connectivity index (χ4n) is 3.01. The van der Waals surface area contributed by atoms with E-state index >= 15 is 0 Å². The molecule has 0 fully saturated rings. The summed E-state index contributed by atoms with van der Waals surface area (Å²) in [4.78, 5) is 16.8. The Morgan fingerprint density at radius 2 is 1.84 bits per heavy atom. The fraction of sp³-hybridized carbons (Fsp3) is 0.0833. The molecular weight excluding hydrogens is 700 g/mol. The zero-order valence-electron chi connectivity index (χ0n) is 16.8. The Balaban J connectivity index is 1.60. The molecule has 1 aliphatic heterocycles. The van der Waals surface area contributed by atoms with E-state index in [2.05, 4.69) is 66.1 Å². The third-order valence-electron chi connectivity index (χ3n) is 4.57. The van der Waals surface area contributed by atoms with Crippen molar-refractivity contribution in [3.63, 3.8) is 0 Å². The zero-order valence-corrected chi connectivity index (χ0v) is 22.7. The number of benzene rings is 3. The number of aliphatic imine (C=N–C) groups is 1. The van der Waals surface area contributed by atoms with Crippen LogP contribution in [0.4, 0.5) is 0 Å². The number of hydrogen-bond donors (Lipinski definition) is 0. The maximum Gasteiger partial charge on any atom is 0.363 e. The highest BCUT2D eigenvalue weighted by atomic mass is 127. The Hall–Kier alpha value is -1.92. The average molecular weight is 716 g/mol. The van der Waals surface area contributed by atoms with Gasteiger partial charge < -0.3 is 14.2 Å². The van der Waals surface area contributed by atoms with Gasteiger partial charge in [-0.2, -0.15) is 0 Å². The minimum atomic E-state index is -0.493. The molecule has 0 amide bonds. The van der Waals surface area contributed by atoms with E-state index in [9.17, 15) is 4.79 Å². The SMILES string of the molecule is COc1cc(/C=C2\N=C(c3ccc(I)c(Br)c3)OC2=O)cc(I)c1OCc1ccccc1. The first-order chi connectivity index (χ1) is 15.4. The molecule has 8 heteroatoms. The van der Waals surface area contributed by atoms with Crippen LogP contribution in [0.1, 0.15) is 16.7 Å². The maximum atomic E-state index is 12.4. The van der Waals surface area contributed by atoms with Gasteiger partial charge >= 0.3 is 5.97 Å². The summed E-state index contributed by atoms with van der Waals surface area (Å²) >= 11 is 7.91. The minimum Gasteiger partial charge on any atom is -0.493 e. The molecule has 1 heterocycles. The quantitative estimate of drug-likeness (QED) is 0.164. The van der Waals surface area contributed by atoms with Crippen molar-refractivity contribution in [3.05, 3.63) is 94.7 Å². The lowest BCUT2D eigenvalue weighted by Gasteiger charge is -2.13. The molecule has 0 saturated carbocycles. The van der Waals surface area contributed by atoms with Crippen LogP contribution in [0.25, 0.3) is 6.08 Å². The predicted molar refractivity (Wildman–Crippen MR) is 144 cm³/mol. The molecule has 0 saturated heterocycles. The summed E-state index contributed by atoms with van der Waals surface area (Å²) in [5.41, 5.74) is 2.78.